The predicted octanol–water partition coefficient (Wildman–Crippen LogP) is 4.92. The molecule has 0 fully saturated rings. The largest absolute Gasteiger partial charge is 0.478 e. The molecule has 0 saturated carbocycles. The number of ether oxygens (including phenoxy) is 1. The van der Waals surface area contributed by atoms with Crippen molar-refractivity contribution in [2.45, 2.75) is 33.6 Å². The molecular formula is C18H20O3. The molecular weight excluding hydrogens is 264 g/mol. The summed E-state index contributed by atoms with van der Waals surface area (Å²) in [7, 11) is 0. The summed E-state index contributed by atoms with van der Waals surface area (Å²) in [6.07, 6.45) is 0. The van der Waals surface area contributed by atoms with Crippen molar-refractivity contribution in [3.63, 3.8) is 0 Å². The summed E-state index contributed by atoms with van der Waals surface area (Å²) in [6, 6.07) is 11.0. The number of hydrogen-bond acceptors (Lipinski definition) is 2. The zero-order valence-corrected chi connectivity index (χ0v) is 12.8. The van der Waals surface area contributed by atoms with Gasteiger partial charge in [0.05, 0.1) is 5.56 Å². The molecule has 2 aromatic rings. The van der Waals surface area contributed by atoms with Crippen LogP contribution in [0.2, 0.25) is 0 Å². The lowest BCUT2D eigenvalue weighted by molar-refractivity contribution is 0.0696. The molecule has 110 valence electrons. The highest BCUT2D eigenvalue weighted by molar-refractivity contribution is 5.88. The number of rotatable bonds is 4. The number of carboxylic acid groups (broad SMARTS) is 1. The lowest BCUT2D eigenvalue weighted by Crippen LogP contribution is -1.99. The molecule has 2 aromatic carbocycles. The topological polar surface area (TPSA) is 46.5 Å². The first-order valence-electron chi connectivity index (χ1n) is 7.01. The first-order valence-corrected chi connectivity index (χ1v) is 7.01. The fraction of sp³-hybridized carbons (Fsp3) is 0.278. The molecule has 0 amide bonds. The van der Waals surface area contributed by atoms with Gasteiger partial charge in [-0.3, -0.25) is 0 Å². The van der Waals surface area contributed by atoms with Gasteiger partial charge >= 0.3 is 5.97 Å². The minimum Gasteiger partial charge on any atom is -0.478 e. The van der Waals surface area contributed by atoms with Crippen LogP contribution < -0.4 is 4.74 Å². The summed E-state index contributed by atoms with van der Waals surface area (Å²) in [6.45, 7) is 8.14. The Morgan fingerprint density at radius 2 is 1.76 bits per heavy atom. The van der Waals surface area contributed by atoms with E-state index in [0.717, 1.165) is 22.4 Å². The zero-order valence-electron chi connectivity index (χ0n) is 12.8. The predicted molar refractivity (Wildman–Crippen MR) is 83.5 cm³/mol. The number of carboxylic acids is 1. The lowest BCUT2D eigenvalue weighted by Gasteiger charge is -2.16. The third kappa shape index (κ3) is 3.43. The molecule has 2 rings (SSSR count). The summed E-state index contributed by atoms with van der Waals surface area (Å²) in [5.41, 5.74) is 3.37. The Kier molecular flexibility index (Phi) is 4.32. The molecule has 0 aliphatic carbocycles. The van der Waals surface area contributed by atoms with Crippen LogP contribution in [0.5, 0.6) is 11.5 Å². The Balaban J connectivity index is 2.44. The maximum atomic E-state index is 11.1. The second kappa shape index (κ2) is 6.00. The molecule has 0 aromatic heterocycles. The van der Waals surface area contributed by atoms with Crippen LogP contribution in [0.15, 0.2) is 36.4 Å². The van der Waals surface area contributed by atoms with Gasteiger partial charge in [-0.1, -0.05) is 32.0 Å². The van der Waals surface area contributed by atoms with Crippen molar-refractivity contribution in [1.82, 2.24) is 0 Å². The molecule has 3 nitrogen and oxygen atoms in total. The molecule has 0 aliphatic heterocycles. The minimum absolute atomic E-state index is 0.231. The van der Waals surface area contributed by atoms with Crippen molar-refractivity contribution in [1.29, 1.82) is 0 Å². The smallest absolute Gasteiger partial charge is 0.335 e. The Bertz CT molecular complexity index is 672. The van der Waals surface area contributed by atoms with E-state index in [1.54, 1.807) is 18.2 Å². The van der Waals surface area contributed by atoms with Crippen molar-refractivity contribution in [2.24, 2.45) is 0 Å². The summed E-state index contributed by atoms with van der Waals surface area (Å²) < 4.78 is 6.01. The number of hydrogen-bond donors (Lipinski definition) is 1. The van der Waals surface area contributed by atoms with Crippen LogP contribution in [0.25, 0.3) is 0 Å². The average Bonchev–Trinajstić information content (AvgIpc) is 2.40. The van der Waals surface area contributed by atoms with Crippen LogP contribution in [0.3, 0.4) is 0 Å². The van der Waals surface area contributed by atoms with Crippen LogP contribution in [0, 0.1) is 13.8 Å². The Morgan fingerprint density at radius 1 is 1.05 bits per heavy atom. The van der Waals surface area contributed by atoms with E-state index in [2.05, 4.69) is 26.0 Å². The number of aryl methyl sites for hydroxylation is 2. The molecule has 3 heteroatoms. The average molecular weight is 284 g/mol. The number of benzene rings is 2. The van der Waals surface area contributed by atoms with Crippen LogP contribution >= 0.6 is 0 Å². The van der Waals surface area contributed by atoms with E-state index in [1.165, 1.54) is 0 Å². The van der Waals surface area contributed by atoms with E-state index < -0.39 is 5.97 Å². The van der Waals surface area contributed by atoms with Crippen molar-refractivity contribution in [3.05, 3.63) is 58.7 Å². The molecule has 0 spiro atoms. The zero-order chi connectivity index (χ0) is 15.6. The van der Waals surface area contributed by atoms with Gasteiger partial charge in [-0.05, 0) is 54.7 Å². The molecule has 1 N–H and O–H groups in total. The minimum atomic E-state index is -0.951. The summed E-state index contributed by atoms with van der Waals surface area (Å²) >= 11 is 0. The SMILES string of the molecule is Cc1ccc(C(C)C)c(Oc2cc(C(=O)O)ccc2C)c1. The third-order valence-electron chi connectivity index (χ3n) is 3.45. The fourth-order valence-corrected chi connectivity index (χ4v) is 2.17. The Morgan fingerprint density at radius 3 is 2.38 bits per heavy atom. The van der Waals surface area contributed by atoms with Crippen molar-refractivity contribution in [2.75, 3.05) is 0 Å². The van der Waals surface area contributed by atoms with E-state index in [0.29, 0.717) is 11.7 Å². The first kappa shape index (κ1) is 15.1. The fourth-order valence-electron chi connectivity index (χ4n) is 2.17. The van der Waals surface area contributed by atoms with E-state index >= 15 is 0 Å². The standard InChI is InChI=1S/C18H20O3/c1-11(2)15-8-5-12(3)9-17(15)21-16-10-14(18(19)20)7-6-13(16)4/h5-11H,1-4H3,(H,19,20). The van der Waals surface area contributed by atoms with Gasteiger partial charge in [-0.25, -0.2) is 4.79 Å². The van der Waals surface area contributed by atoms with E-state index in [9.17, 15) is 4.79 Å². The summed E-state index contributed by atoms with van der Waals surface area (Å²) in [5.74, 6) is 0.759. The van der Waals surface area contributed by atoms with Crippen molar-refractivity contribution >= 4 is 5.97 Å². The highest BCUT2D eigenvalue weighted by Gasteiger charge is 2.12. The second-order valence-electron chi connectivity index (χ2n) is 5.58. The Labute approximate surface area is 125 Å². The van der Waals surface area contributed by atoms with Gasteiger partial charge in [0.2, 0.25) is 0 Å². The summed E-state index contributed by atoms with van der Waals surface area (Å²) in [5, 5.41) is 9.10. The maximum Gasteiger partial charge on any atom is 0.335 e. The van der Waals surface area contributed by atoms with E-state index in [1.807, 2.05) is 19.9 Å². The monoisotopic (exact) mass is 284 g/mol. The van der Waals surface area contributed by atoms with Crippen LogP contribution in [-0.4, -0.2) is 11.1 Å². The molecule has 21 heavy (non-hydrogen) atoms. The second-order valence-corrected chi connectivity index (χ2v) is 5.58. The van der Waals surface area contributed by atoms with E-state index in [-0.39, 0.29) is 5.56 Å². The molecule has 0 atom stereocenters. The van der Waals surface area contributed by atoms with Gasteiger partial charge in [-0.2, -0.15) is 0 Å². The number of aromatic carboxylic acids is 1. The van der Waals surface area contributed by atoms with Gasteiger partial charge in [0.15, 0.2) is 0 Å². The maximum absolute atomic E-state index is 11.1. The van der Waals surface area contributed by atoms with Crippen molar-refractivity contribution in [3.8, 4) is 11.5 Å². The van der Waals surface area contributed by atoms with Crippen LogP contribution in [0.4, 0.5) is 0 Å². The van der Waals surface area contributed by atoms with E-state index in [4.69, 9.17) is 9.84 Å². The van der Waals surface area contributed by atoms with Gasteiger partial charge in [0.1, 0.15) is 11.5 Å². The number of carbonyl (C=O) groups is 1. The first-order chi connectivity index (χ1) is 9.88. The molecule has 0 unspecified atom stereocenters. The normalized spacial score (nSPS) is 10.7. The van der Waals surface area contributed by atoms with Crippen LogP contribution in [-0.2, 0) is 0 Å². The quantitative estimate of drug-likeness (QED) is 0.867. The Hall–Kier alpha value is -2.29. The highest BCUT2D eigenvalue weighted by atomic mass is 16.5. The molecule has 0 heterocycles. The highest BCUT2D eigenvalue weighted by Crippen LogP contribution is 2.33. The molecule has 0 saturated heterocycles. The molecule has 0 aliphatic rings. The van der Waals surface area contributed by atoms with Gasteiger partial charge in [-0.15, -0.1) is 0 Å². The summed E-state index contributed by atoms with van der Waals surface area (Å²) in [4.78, 5) is 11.1. The van der Waals surface area contributed by atoms with Crippen LogP contribution in [0.1, 0.15) is 46.8 Å². The lowest BCUT2D eigenvalue weighted by atomic mass is 10.0. The van der Waals surface area contributed by atoms with Gasteiger partial charge < -0.3 is 9.84 Å². The molecule has 0 bridgehead atoms. The van der Waals surface area contributed by atoms with Gasteiger partial charge in [0.25, 0.3) is 0 Å². The van der Waals surface area contributed by atoms with Crippen molar-refractivity contribution < 1.29 is 14.6 Å². The molecule has 0 radical (unpaired) electrons. The third-order valence-corrected chi connectivity index (χ3v) is 3.45. The van der Waals surface area contributed by atoms with Gasteiger partial charge in [0, 0.05) is 0 Å².